The second kappa shape index (κ2) is 7.77. The molecule has 6 nitrogen and oxygen atoms in total. The number of anilines is 5. The van der Waals surface area contributed by atoms with E-state index in [2.05, 4.69) is 25.9 Å². The second-order valence-electron chi connectivity index (χ2n) is 5.82. The fourth-order valence-electron chi connectivity index (χ4n) is 2.41. The van der Waals surface area contributed by atoms with Crippen LogP contribution in [0.2, 0.25) is 0 Å². The van der Waals surface area contributed by atoms with Crippen LogP contribution < -0.4 is 16.0 Å². The molecule has 138 valence electrons. The lowest BCUT2D eigenvalue weighted by Crippen LogP contribution is -2.05. The Kier molecular flexibility index (Phi) is 5.25. The predicted octanol–water partition coefficient (Wildman–Crippen LogP) is 4.51. The van der Waals surface area contributed by atoms with E-state index in [1.807, 2.05) is 0 Å². The average Bonchev–Trinajstić information content (AvgIpc) is 2.58. The number of amides is 1. The number of aryl methyl sites for hydroxylation is 1. The molecule has 0 spiro atoms. The van der Waals surface area contributed by atoms with Gasteiger partial charge in [-0.2, -0.15) is 0 Å². The molecule has 1 heterocycles. The summed E-state index contributed by atoms with van der Waals surface area (Å²) >= 11 is 0. The van der Waals surface area contributed by atoms with Gasteiger partial charge in [-0.05, 0) is 43.3 Å². The van der Waals surface area contributed by atoms with E-state index >= 15 is 0 Å². The number of benzene rings is 2. The average molecular weight is 369 g/mol. The second-order valence-corrected chi connectivity index (χ2v) is 5.82. The first kappa shape index (κ1) is 18.2. The van der Waals surface area contributed by atoms with Gasteiger partial charge in [0.15, 0.2) is 0 Å². The Hall–Kier alpha value is -3.55. The molecular weight excluding hydrogens is 352 g/mol. The van der Waals surface area contributed by atoms with Crippen LogP contribution in [0.5, 0.6) is 0 Å². The van der Waals surface area contributed by atoms with Crippen molar-refractivity contribution in [3.63, 3.8) is 0 Å². The standard InChI is InChI=1S/C19H17F2N5O/c1-11-22-18(25-15-6-4-14(5-7-15)24-12(2)27)10-19(23-11)26-17-8-3-13(20)9-16(17)21/h3-10H,1-2H3,(H,24,27)(H2,22,23,25,26). The van der Waals surface area contributed by atoms with Crippen molar-refractivity contribution >= 4 is 34.6 Å². The van der Waals surface area contributed by atoms with E-state index in [0.717, 1.165) is 17.8 Å². The van der Waals surface area contributed by atoms with Gasteiger partial charge in [0.05, 0.1) is 5.69 Å². The molecule has 2 aromatic carbocycles. The monoisotopic (exact) mass is 369 g/mol. The quantitative estimate of drug-likeness (QED) is 0.617. The lowest BCUT2D eigenvalue weighted by molar-refractivity contribution is -0.114. The smallest absolute Gasteiger partial charge is 0.221 e. The first-order chi connectivity index (χ1) is 12.9. The molecular formula is C19H17F2N5O. The Bertz CT molecular complexity index is 976. The Morgan fingerprint density at radius 3 is 2.15 bits per heavy atom. The predicted molar refractivity (Wildman–Crippen MR) is 100 cm³/mol. The molecule has 27 heavy (non-hydrogen) atoms. The molecule has 3 aromatic rings. The van der Waals surface area contributed by atoms with Gasteiger partial charge in [-0.15, -0.1) is 0 Å². The summed E-state index contributed by atoms with van der Waals surface area (Å²) < 4.78 is 26.8. The van der Waals surface area contributed by atoms with E-state index < -0.39 is 11.6 Å². The van der Waals surface area contributed by atoms with E-state index in [-0.39, 0.29) is 11.6 Å². The molecule has 1 aromatic heterocycles. The number of rotatable bonds is 5. The van der Waals surface area contributed by atoms with Crippen molar-refractivity contribution in [3.8, 4) is 0 Å². The summed E-state index contributed by atoms with van der Waals surface area (Å²) in [5, 5.41) is 8.62. The molecule has 0 saturated carbocycles. The number of nitrogens with one attached hydrogen (secondary N) is 3. The van der Waals surface area contributed by atoms with E-state index in [0.29, 0.717) is 23.1 Å². The number of hydrogen-bond acceptors (Lipinski definition) is 5. The van der Waals surface area contributed by atoms with Crippen molar-refractivity contribution in [3.05, 3.63) is 66.0 Å². The highest BCUT2D eigenvalue weighted by Gasteiger charge is 2.07. The molecule has 0 saturated heterocycles. The minimum Gasteiger partial charge on any atom is -0.340 e. The van der Waals surface area contributed by atoms with Gasteiger partial charge in [-0.3, -0.25) is 4.79 Å². The van der Waals surface area contributed by atoms with Crippen molar-refractivity contribution < 1.29 is 13.6 Å². The number of carbonyl (C=O) groups is 1. The summed E-state index contributed by atoms with van der Waals surface area (Å²) in [4.78, 5) is 19.6. The van der Waals surface area contributed by atoms with Gasteiger partial charge in [0, 0.05) is 30.4 Å². The zero-order valence-corrected chi connectivity index (χ0v) is 14.7. The molecule has 0 aliphatic heterocycles. The summed E-state index contributed by atoms with van der Waals surface area (Å²) in [7, 11) is 0. The molecule has 3 N–H and O–H groups in total. The molecule has 0 radical (unpaired) electrons. The first-order valence-electron chi connectivity index (χ1n) is 8.11. The summed E-state index contributed by atoms with van der Waals surface area (Å²) in [6, 6.07) is 12.0. The molecule has 0 unspecified atom stereocenters. The lowest BCUT2D eigenvalue weighted by atomic mass is 10.2. The van der Waals surface area contributed by atoms with E-state index in [1.54, 1.807) is 37.3 Å². The number of halogens is 2. The minimum absolute atomic E-state index is 0.111. The van der Waals surface area contributed by atoms with Crippen LogP contribution in [0.3, 0.4) is 0 Å². The van der Waals surface area contributed by atoms with Gasteiger partial charge in [0.2, 0.25) is 5.91 Å². The molecule has 3 rings (SSSR count). The Labute approximate surface area is 154 Å². The van der Waals surface area contributed by atoms with Crippen molar-refractivity contribution in [2.75, 3.05) is 16.0 Å². The Morgan fingerprint density at radius 1 is 0.889 bits per heavy atom. The molecule has 0 bridgehead atoms. The summed E-state index contributed by atoms with van der Waals surface area (Å²) in [5.41, 5.74) is 1.54. The molecule has 1 amide bonds. The number of carbonyl (C=O) groups excluding carboxylic acids is 1. The molecule has 0 aliphatic carbocycles. The van der Waals surface area contributed by atoms with E-state index in [9.17, 15) is 13.6 Å². The third-order valence-corrected chi connectivity index (χ3v) is 3.51. The Balaban J connectivity index is 1.77. The highest BCUT2D eigenvalue weighted by Crippen LogP contribution is 2.23. The summed E-state index contributed by atoms with van der Waals surface area (Å²) in [5.74, 6) is -0.174. The van der Waals surface area contributed by atoms with Gasteiger partial charge in [0.25, 0.3) is 0 Å². The van der Waals surface area contributed by atoms with Crippen LogP contribution in [0, 0.1) is 18.6 Å². The highest BCUT2D eigenvalue weighted by atomic mass is 19.1. The first-order valence-corrected chi connectivity index (χ1v) is 8.11. The Morgan fingerprint density at radius 2 is 1.52 bits per heavy atom. The van der Waals surface area contributed by atoms with Crippen LogP contribution in [0.1, 0.15) is 12.7 Å². The number of hydrogen-bond donors (Lipinski definition) is 3. The number of aromatic nitrogens is 2. The fourth-order valence-corrected chi connectivity index (χ4v) is 2.41. The van der Waals surface area contributed by atoms with Gasteiger partial charge >= 0.3 is 0 Å². The molecule has 0 fully saturated rings. The van der Waals surface area contributed by atoms with Crippen molar-refractivity contribution in [1.82, 2.24) is 9.97 Å². The molecule has 0 aliphatic rings. The van der Waals surface area contributed by atoms with Crippen molar-refractivity contribution in [2.45, 2.75) is 13.8 Å². The van der Waals surface area contributed by atoms with Crippen molar-refractivity contribution in [1.29, 1.82) is 0 Å². The van der Waals surface area contributed by atoms with Crippen LogP contribution >= 0.6 is 0 Å². The zero-order chi connectivity index (χ0) is 19.4. The van der Waals surface area contributed by atoms with Gasteiger partial charge in [-0.1, -0.05) is 0 Å². The topological polar surface area (TPSA) is 78.9 Å². The summed E-state index contributed by atoms with van der Waals surface area (Å²) in [6.07, 6.45) is 0. The van der Waals surface area contributed by atoms with Crippen LogP contribution in [0.25, 0.3) is 0 Å². The van der Waals surface area contributed by atoms with Gasteiger partial charge in [-0.25, -0.2) is 18.7 Å². The maximum Gasteiger partial charge on any atom is 0.221 e. The van der Waals surface area contributed by atoms with Gasteiger partial charge < -0.3 is 16.0 Å². The fraction of sp³-hybridized carbons (Fsp3) is 0.105. The van der Waals surface area contributed by atoms with Crippen LogP contribution in [0.15, 0.2) is 48.5 Å². The normalized spacial score (nSPS) is 10.4. The third-order valence-electron chi connectivity index (χ3n) is 3.51. The highest BCUT2D eigenvalue weighted by molar-refractivity contribution is 5.88. The van der Waals surface area contributed by atoms with Crippen LogP contribution in [-0.4, -0.2) is 15.9 Å². The van der Waals surface area contributed by atoms with Crippen LogP contribution in [-0.2, 0) is 4.79 Å². The maximum atomic E-state index is 13.8. The zero-order valence-electron chi connectivity index (χ0n) is 14.7. The van der Waals surface area contributed by atoms with Gasteiger partial charge in [0.1, 0.15) is 29.1 Å². The largest absolute Gasteiger partial charge is 0.340 e. The lowest BCUT2D eigenvalue weighted by Gasteiger charge is -2.11. The van der Waals surface area contributed by atoms with Crippen LogP contribution in [0.4, 0.5) is 37.5 Å². The maximum absolute atomic E-state index is 13.8. The number of nitrogens with zero attached hydrogens (tertiary/aromatic N) is 2. The summed E-state index contributed by atoms with van der Waals surface area (Å²) in [6.45, 7) is 3.14. The van der Waals surface area contributed by atoms with E-state index in [1.165, 1.54) is 13.0 Å². The minimum atomic E-state index is -0.714. The van der Waals surface area contributed by atoms with Crippen molar-refractivity contribution in [2.24, 2.45) is 0 Å². The third kappa shape index (κ3) is 4.97. The van der Waals surface area contributed by atoms with E-state index in [4.69, 9.17) is 0 Å². The molecule has 0 atom stereocenters. The molecule has 8 heteroatoms. The SMILES string of the molecule is CC(=O)Nc1ccc(Nc2cc(Nc3ccc(F)cc3F)nc(C)n2)cc1.